The summed E-state index contributed by atoms with van der Waals surface area (Å²) in [6.45, 7) is 4.22. The summed E-state index contributed by atoms with van der Waals surface area (Å²) >= 11 is 12.5. The van der Waals surface area contributed by atoms with Gasteiger partial charge in [0.05, 0.1) is 16.3 Å². The summed E-state index contributed by atoms with van der Waals surface area (Å²) in [7, 11) is 0. The lowest BCUT2D eigenvalue weighted by molar-refractivity contribution is -0.156. The Morgan fingerprint density at radius 2 is 1.82 bits per heavy atom. The number of likely N-dealkylation sites (tertiary alicyclic amines) is 1. The van der Waals surface area contributed by atoms with Gasteiger partial charge in [-0.15, -0.1) is 0 Å². The summed E-state index contributed by atoms with van der Waals surface area (Å²) in [5, 5.41) is 9.61. The van der Waals surface area contributed by atoms with Crippen molar-refractivity contribution in [2.45, 2.75) is 51.5 Å². The lowest BCUT2D eigenvalue weighted by Crippen LogP contribution is -2.32. The number of carboxylic acid groups (broad SMARTS) is 1. The van der Waals surface area contributed by atoms with E-state index in [1.54, 1.807) is 28.8 Å². The van der Waals surface area contributed by atoms with Crippen molar-refractivity contribution in [1.29, 1.82) is 0 Å². The van der Waals surface area contributed by atoms with Crippen LogP contribution in [0.4, 0.5) is 13.2 Å². The predicted octanol–water partition coefficient (Wildman–Crippen LogP) is 4.83. The molecule has 0 spiro atoms. The van der Waals surface area contributed by atoms with Gasteiger partial charge in [-0.2, -0.15) is 13.2 Å². The topological polar surface area (TPSA) is 79.6 Å². The monoisotopic (exact) mass is 506 g/mol. The molecule has 11 heteroatoms. The normalized spacial score (nSPS) is 16.2. The Morgan fingerprint density at radius 1 is 1.21 bits per heavy atom. The van der Waals surface area contributed by atoms with Gasteiger partial charge in [0.2, 0.25) is 6.29 Å². The van der Waals surface area contributed by atoms with Crippen molar-refractivity contribution in [3.8, 4) is 0 Å². The second-order valence-corrected chi connectivity index (χ2v) is 8.43. The summed E-state index contributed by atoms with van der Waals surface area (Å²) in [4.78, 5) is 34.6. The van der Waals surface area contributed by atoms with Crippen LogP contribution in [0.5, 0.6) is 0 Å². The molecule has 1 fully saturated rings. The minimum absolute atomic E-state index is 0.111. The number of alkyl halides is 3. The molecule has 0 amide bonds. The van der Waals surface area contributed by atoms with Gasteiger partial charge in [0.15, 0.2) is 0 Å². The average Bonchev–Trinajstić information content (AvgIpc) is 3.16. The van der Waals surface area contributed by atoms with E-state index in [1.807, 2.05) is 0 Å². The van der Waals surface area contributed by atoms with E-state index in [4.69, 9.17) is 33.1 Å². The molecule has 1 saturated heterocycles. The zero-order valence-electron chi connectivity index (χ0n) is 17.7. The molecule has 0 saturated carbocycles. The van der Waals surface area contributed by atoms with Gasteiger partial charge in [0.25, 0.3) is 5.56 Å². The number of nitrogens with zero attached hydrogens (tertiary/aromatic N) is 2. The third-order valence-corrected chi connectivity index (χ3v) is 5.90. The molecule has 1 atom stereocenters. The molecule has 1 aromatic heterocycles. The van der Waals surface area contributed by atoms with Gasteiger partial charge in [0, 0.05) is 19.1 Å². The van der Waals surface area contributed by atoms with E-state index in [1.165, 1.54) is 6.07 Å². The van der Waals surface area contributed by atoms with Crippen LogP contribution in [0.25, 0.3) is 0 Å². The standard InChI is InChI=1S/C20H22Cl2N2O3.C2HF3O/c1-13-3-2-9-23(13)12-18-16(21)11-17(22)19(25)24(18)10-8-14-4-6-15(7-5-14)20(26)27;3-2(4,5)1-6/h4-7,11,13H,2-3,8-10,12H2,1H3,(H,26,27);1H/t13-;/m1./s1. The smallest absolute Gasteiger partial charge is 0.446 e. The zero-order chi connectivity index (χ0) is 24.8. The van der Waals surface area contributed by atoms with Crippen LogP contribution in [0, 0.1) is 0 Å². The van der Waals surface area contributed by atoms with Crippen molar-refractivity contribution in [2.24, 2.45) is 0 Å². The SMILES string of the molecule is C[C@@H]1CCCN1Cc1c(Cl)cc(Cl)c(=O)n1CCc1ccc(C(=O)O)cc1.O=CC(F)(F)F. The molecule has 1 aliphatic rings. The van der Waals surface area contributed by atoms with E-state index in [2.05, 4.69) is 11.8 Å². The fourth-order valence-corrected chi connectivity index (χ4v) is 4.05. The van der Waals surface area contributed by atoms with Crippen LogP contribution in [-0.4, -0.2) is 45.6 Å². The molecule has 33 heavy (non-hydrogen) atoms. The molecular formula is C22H23Cl2F3N2O4. The first-order valence-electron chi connectivity index (χ1n) is 10.1. The van der Waals surface area contributed by atoms with Crippen LogP contribution < -0.4 is 5.56 Å². The minimum atomic E-state index is -4.64. The molecule has 0 unspecified atom stereocenters. The molecular weight excluding hydrogens is 484 g/mol. The fraction of sp³-hybridized carbons (Fsp3) is 0.409. The predicted molar refractivity (Wildman–Crippen MR) is 119 cm³/mol. The van der Waals surface area contributed by atoms with Crippen molar-refractivity contribution in [1.82, 2.24) is 9.47 Å². The lowest BCUT2D eigenvalue weighted by atomic mass is 10.1. The number of hydrogen-bond donors (Lipinski definition) is 1. The molecule has 1 aromatic carbocycles. The summed E-state index contributed by atoms with van der Waals surface area (Å²) in [5.41, 5.74) is 1.72. The number of aryl methyl sites for hydroxylation is 1. The number of carboxylic acids is 1. The van der Waals surface area contributed by atoms with Gasteiger partial charge in [-0.05, 0) is 56.5 Å². The Bertz CT molecular complexity index is 1040. The van der Waals surface area contributed by atoms with Gasteiger partial charge in [-0.3, -0.25) is 14.5 Å². The number of aromatic nitrogens is 1. The van der Waals surface area contributed by atoms with Crippen molar-refractivity contribution in [2.75, 3.05) is 6.54 Å². The minimum Gasteiger partial charge on any atom is -0.478 e. The van der Waals surface area contributed by atoms with E-state index < -0.39 is 18.4 Å². The Kier molecular flexibility index (Phi) is 9.51. The fourth-order valence-electron chi connectivity index (χ4n) is 3.51. The van der Waals surface area contributed by atoms with Crippen molar-refractivity contribution in [3.05, 3.63) is 67.6 Å². The molecule has 0 bridgehead atoms. The summed E-state index contributed by atoms with van der Waals surface area (Å²) in [6, 6.07) is 8.66. The molecule has 0 aliphatic carbocycles. The maximum atomic E-state index is 12.6. The van der Waals surface area contributed by atoms with Gasteiger partial charge >= 0.3 is 12.1 Å². The van der Waals surface area contributed by atoms with Crippen molar-refractivity contribution >= 4 is 35.5 Å². The molecule has 1 aliphatic heterocycles. The molecule has 2 heterocycles. The highest BCUT2D eigenvalue weighted by Gasteiger charge is 2.25. The zero-order valence-corrected chi connectivity index (χ0v) is 19.3. The number of aldehydes is 1. The first kappa shape index (κ1) is 26.9. The third-order valence-electron chi connectivity index (χ3n) is 5.31. The highest BCUT2D eigenvalue weighted by molar-refractivity contribution is 6.34. The first-order chi connectivity index (χ1) is 15.4. The highest BCUT2D eigenvalue weighted by atomic mass is 35.5. The van der Waals surface area contributed by atoms with Gasteiger partial charge in [-0.25, -0.2) is 4.79 Å². The van der Waals surface area contributed by atoms with E-state index in [0.29, 0.717) is 30.6 Å². The Morgan fingerprint density at radius 3 is 2.30 bits per heavy atom. The Hall–Kier alpha value is -2.36. The number of hydrogen-bond acceptors (Lipinski definition) is 4. The molecule has 3 rings (SSSR count). The van der Waals surface area contributed by atoms with Crippen molar-refractivity contribution < 1.29 is 27.9 Å². The molecule has 6 nitrogen and oxygen atoms in total. The van der Waals surface area contributed by atoms with E-state index in [-0.39, 0.29) is 16.1 Å². The number of pyridine rings is 1. The van der Waals surface area contributed by atoms with Crippen molar-refractivity contribution in [3.63, 3.8) is 0 Å². The van der Waals surface area contributed by atoms with Gasteiger partial charge < -0.3 is 9.67 Å². The highest BCUT2D eigenvalue weighted by Crippen LogP contribution is 2.24. The van der Waals surface area contributed by atoms with E-state index >= 15 is 0 Å². The third kappa shape index (κ3) is 7.87. The number of halogens is 5. The number of aromatic carboxylic acids is 1. The summed E-state index contributed by atoms with van der Waals surface area (Å²) < 4.78 is 32.9. The van der Waals surface area contributed by atoms with E-state index in [9.17, 15) is 22.8 Å². The summed E-state index contributed by atoms with van der Waals surface area (Å²) in [6.07, 6.45) is -2.83. The van der Waals surface area contributed by atoms with Crippen LogP contribution in [-0.2, 0) is 24.3 Å². The van der Waals surface area contributed by atoms with Crippen LogP contribution in [0.1, 0.15) is 41.4 Å². The van der Waals surface area contributed by atoms with E-state index in [0.717, 1.165) is 30.6 Å². The van der Waals surface area contributed by atoms with Crippen LogP contribution in [0.2, 0.25) is 10.0 Å². The quantitative estimate of drug-likeness (QED) is 0.567. The number of rotatable bonds is 6. The Labute approximate surface area is 198 Å². The van der Waals surface area contributed by atoms with Crippen LogP contribution >= 0.6 is 23.2 Å². The van der Waals surface area contributed by atoms with Gasteiger partial charge in [-0.1, -0.05) is 35.3 Å². The van der Waals surface area contributed by atoms with Crippen LogP contribution in [0.15, 0.2) is 35.1 Å². The summed E-state index contributed by atoms with van der Waals surface area (Å²) in [5.74, 6) is -0.957. The average molecular weight is 507 g/mol. The maximum Gasteiger partial charge on any atom is 0.446 e. The van der Waals surface area contributed by atoms with Gasteiger partial charge in [0.1, 0.15) is 5.02 Å². The largest absolute Gasteiger partial charge is 0.478 e. The number of carbonyl (C=O) groups is 2. The molecule has 0 radical (unpaired) electrons. The molecule has 1 N–H and O–H groups in total. The molecule has 2 aromatic rings. The maximum absolute atomic E-state index is 12.6. The molecule has 180 valence electrons. The Balaban J connectivity index is 0.000000569. The lowest BCUT2D eigenvalue weighted by Gasteiger charge is -2.24. The second kappa shape index (κ2) is 11.7. The van der Waals surface area contributed by atoms with Crippen LogP contribution in [0.3, 0.4) is 0 Å². The first-order valence-corrected chi connectivity index (χ1v) is 10.9. The number of carbonyl (C=O) groups excluding carboxylic acids is 1. The second-order valence-electron chi connectivity index (χ2n) is 7.62. The number of benzene rings is 1.